The van der Waals surface area contributed by atoms with Crippen molar-refractivity contribution in [2.75, 3.05) is 6.61 Å². The van der Waals surface area contributed by atoms with Gasteiger partial charge in [-0.15, -0.1) is 0 Å². The van der Waals surface area contributed by atoms with Crippen LogP contribution < -0.4 is 5.56 Å². The normalized spacial score (nSPS) is 13.1. The van der Waals surface area contributed by atoms with Gasteiger partial charge in [0.2, 0.25) is 0 Å². The lowest BCUT2D eigenvalue weighted by Gasteiger charge is -2.20. The summed E-state index contributed by atoms with van der Waals surface area (Å²) >= 11 is 3.25. The van der Waals surface area contributed by atoms with Crippen molar-refractivity contribution in [2.24, 2.45) is 5.92 Å². The molecule has 0 bridgehead atoms. The van der Waals surface area contributed by atoms with Gasteiger partial charge in [0.05, 0.1) is 5.69 Å². The van der Waals surface area contributed by atoms with Gasteiger partial charge in [-0.2, -0.15) is 0 Å². The van der Waals surface area contributed by atoms with Crippen LogP contribution in [0.15, 0.2) is 9.27 Å². The molecule has 0 aliphatic rings. The lowest BCUT2D eigenvalue weighted by molar-refractivity contribution is 0.0228. The lowest BCUT2D eigenvalue weighted by Crippen LogP contribution is -2.22. The average Bonchev–Trinajstić information content (AvgIpc) is 2.29. The van der Waals surface area contributed by atoms with E-state index in [4.69, 9.17) is 4.74 Å². The number of ether oxygens (including phenoxy) is 1. The van der Waals surface area contributed by atoms with Crippen LogP contribution in [0.25, 0.3) is 0 Å². The van der Waals surface area contributed by atoms with Crippen molar-refractivity contribution in [3.8, 4) is 0 Å². The Balaban J connectivity index is 3.20. The van der Waals surface area contributed by atoms with Crippen LogP contribution in [-0.4, -0.2) is 16.6 Å². The summed E-state index contributed by atoms with van der Waals surface area (Å²) in [7, 11) is 0. The van der Waals surface area contributed by atoms with Gasteiger partial charge in [-0.1, -0.05) is 20.8 Å². The van der Waals surface area contributed by atoms with Crippen LogP contribution in [0.3, 0.4) is 0 Å². The Morgan fingerprint density at radius 3 is 2.53 bits per heavy atom. The molecule has 0 spiro atoms. The largest absolute Gasteiger partial charge is 0.370 e. The maximum absolute atomic E-state index is 11.8. The molecule has 17 heavy (non-hydrogen) atoms. The zero-order chi connectivity index (χ0) is 13.0. The summed E-state index contributed by atoms with van der Waals surface area (Å²) in [5, 5.41) is 0. The smallest absolute Gasteiger partial charge is 0.265 e. The summed E-state index contributed by atoms with van der Waals surface area (Å²) in [4.78, 5) is 19.0. The summed E-state index contributed by atoms with van der Waals surface area (Å²) in [6.45, 7) is 8.61. The van der Waals surface area contributed by atoms with Crippen LogP contribution in [0.5, 0.6) is 0 Å². The van der Waals surface area contributed by atoms with Gasteiger partial charge in [-0.05, 0) is 35.2 Å². The Bertz CT molecular complexity index is 429. The van der Waals surface area contributed by atoms with E-state index in [9.17, 15) is 4.79 Å². The van der Waals surface area contributed by atoms with E-state index in [0.29, 0.717) is 23.3 Å². The van der Waals surface area contributed by atoms with E-state index in [0.717, 1.165) is 5.69 Å². The lowest BCUT2D eigenvalue weighted by atomic mass is 10.1. The molecule has 0 aliphatic carbocycles. The standard InChI is InChI=1S/C12H19BrN2O2/c1-5-8-9(13)12(16)15-11(14-8)10(7(3)4)17-6-2/h7,10H,5-6H2,1-4H3,(H,14,15,16). The number of hydrogen-bond donors (Lipinski definition) is 1. The van der Waals surface area contributed by atoms with E-state index in [1.807, 2.05) is 27.7 Å². The first-order valence-electron chi connectivity index (χ1n) is 5.91. The predicted molar refractivity (Wildman–Crippen MR) is 71.1 cm³/mol. The number of nitrogens with one attached hydrogen (secondary N) is 1. The molecular weight excluding hydrogens is 284 g/mol. The molecule has 1 aromatic heterocycles. The second-order valence-corrected chi connectivity index (χ2v) is 4.98. The van der Waals surface area contributed by atoms with Crippen molar-refractivity contribution in [3.63, 3.8) is 0 Å². The zero-order valence-electron chi connectivity index (χ0n) is 10.7. The van der Waals surface area contributed by atoms with Crippen LogP contribution >= 0.6 is 15.9 Å². The number of halogens is 1. The first-order chi connectivity index (χ1) is 8.01. The molecule has 0 fully saturated rings. The van der Waals surface area contributed by atoms with E-state index < -0.39 is 0 Å². The Kier molecular flexibility index (Phi) is 5.33. The van der Waals surface area contributed by atoms with Gasteiger partial charge in [0.15, 0.2) is 0 Å². The Morgan fingerprint density at radius 1 is 1.41 bits per heavy atom. The summed E-state index contributed by atoms with van der Waals surface area (Å²) in [6, 6.07) is 0. The molecule has 0 saturated heterocycles. The summed E-state index contributed by atoms with van der Waals surface area (Å²) in [5.74, 6) is 0.885. The molecule has 4 nitrogen and oxygen atoms in total. The van der Waals surface area contributed by atoms with Crippen molar-refractivity contribution in [1.29, 1.82) is 0 Å². The number of hydrogen-bond acceptors (Lipinski definition) is 3. The number of aryl methyl sites for hydroxylation is 1. The number of rotatable bonds is 5. The second kappa shape index (κ2) is 6.31. The minimum Gasteiger partial charge on any atom is -0.370 e. The molecule has 1 rings (SSSR count). The fraction of sp³-hybridized carbons (Fsp3) is 0.667. The summed E-state index contributed by atoms with van der Waals surface area (Å²) in [5.41, 5.74) is 0.631. The van der Waals surface area contributed by atoms with Crippen LogP contribution in [-0.2, 0) is 11.2 Å². The number of aromatic amines is 1. The van der Waals surface area contributed by atoms with E-state index in [2.05, 4.69) is 25.9 Å². The first-order valence-corrected chi connectivity index (χ1v) is 6.70. The van der Waals surface area contributed by atoms with Crippen LogP contribution in [0, 0.1) is 5.92 Å². The SMILES string of the molecule is CCOC(c1nc(CC)c(Br)c(=O)[nH]1)C(C)C. The maximum Gasteiger partial charge on any atom is 0.265 e. The van der Waals surface area contributed by atoms with Crippen molar-refractivity contribution in [3.05, 3.63) is 26.3 Å². The van der Waals surface area contributed by atoms with Crippen molar-refractivity contribution in [2.45, 2.75) is 40.2 Å². The third-order valence-corrected chi connectivity index (χ3v) is 3.32. The van der Waals surface area contributed by atoms with Crippen molar-refractivity contribution in [1.82, 2.24) is 9.97 Å². The van der Waals surface area contributed by atoms with Gasteiger partial charge >= 0.3 is 0 Å². The van der Waals surface area contributed by atoms with Gasteiger partial charge in [0.1, 0.15) is 16.4 Å². The number of nitrogens with zero attached hydrogens (tertiary/aromatic N) is 1. The van der Waals surface area contributed by atoms with Crippen LogP contribution in [0.2, 0.25) is 0 Å². The third kappa shape index (κ3) is 3.39. The molecule has 0 saturated carbocycles. The highest BCUT2D eigenvalue weighted by molar-refractivity contribution is 9.10. The van der Waals surface area contributed by atoms with Crippen LogP contribution in [0.1, 0.15) is 45.3 Å². The Hall–Kier alpha value is -0.680. The fourth-order valence-electron chi connectivity index (χ4n) is 1.66. The van der Waals surface area contributed by atoms with Gasteiger partial charge in [-0.3, -0.25) is 4.79 Å². The molecule has 96 valence electrons. The second-order valence-electron chi connectivity index (χ2n) is 4.19. The molecule has 1 heterocycles. The molecule has 0 aliphatic heterocycles. The number of aromatic nitrogens is 2. The monoisotopic (exact) mass is 302 g/mol. The molecule has 0 aromatic carbocycles. The third-order valence-electron chi connectivity index (χ3n) is 2.51. The maximum atomic E-state index is 11.8. The highest BCUT2D eigenvalue weighted by atomic mass is 79.9. The minimum absolute atomic E-state index is 0.141. The molecule has 0 amide bonds. The average molecular weight is 303 g/mol. The van der Waals surface area contributed by atoms with Gasteiger partial charge in [-0.25, -0.2) is 4.98 Å². The van der Waals surface area contributed by atoms with Gasteiger partial charge in [0.25, 0.3) is 5.56 Å². The topological polar surface area (TPSA) is 55.0 Å². The highest BCUT2D eigenvalue weighted by Gasteiger charge is 2.20. The van der Waals surface area contributed by atoms with Gasteiger partial charge < -0.3 is 9.72 Å². The van der Waals surface area contributed by atoms with Crippen molar-refractivity contribution < 1.29 is 4.74 Å². The molecule has 1 aromatic rings. The molecule has 0 radical (unpaired) electrons. The van der Waals surface area contributed by atoms with Crippen molar-refractivity contribution >= 4 is 15.9 Å². The minimum atomic E-state index is -0.161. The first kappa shape index (κ1) is 14.4. The summed E-state index contributed by atoms with van der Waals surface area (Å²) in [6.07, 6.45) is 0.556. The van der Waals surface area contributed by atoms with Gasteiger partial charge in [0, 0.05) is 6.61 Å². The zero-order valence-corrected chi connectivity index (χ0v) is 12.3. The molecule has 1 N–H and O–H groups in total. The molecule has 1 unspecified atom stereocenters. The van der Waals surface area contributed by atoms with Crippen LogP contribution in [0.4, 0.5) is 0 Å². The highest BCUT2D eigenvalue weighted by Crippen LogP contribution is 2.23. The van der Waals surface area contributed by atoms with E-state index in [1.165, 1.54) is 0 Å². The Morgan fingerprint density at radius 2 is 2.06 bits per heavy atom. The fourth-order valence-corrected chi connectivity index (χ4v) is 2.13. The molecule has 5 heteroatoms. The number of H-pyrrole nitrogens is 1. The Labute approximate surface area is 110 Å². The van der Waals surface area contributed by atoms with E-state index in [1.54, 1.807) is 0 Å². The van der Waals surface area contributed by atoms with E-state index in [-0.39, 0.29) is 17.6 Å². The van der Waals surface area contributed by atoms with E-state index >= 15 is 0 Å². The predicted octanol–water partition coefficient (Wildman–Crippen LogP) is 2.83. The quantitative estimate of drug-likeness (QED) is 0.910. The molecule has 1 atom stereocenters. The molecular formula is C12H19BrN2O2. The summed E-state index contributed by atoms with van der Waals surface area (Å²) < 4.78 is 6.15.